The Balaban J connectivity index is 2.13. The first-order valence-corrected chi connectivity index (χ1v) is 8.72. The summed E-state index contributed by atoms with van der Waals surface area (Å²) < 4.78 is 26.9. The first kappa shape index (κ1) is 15.2. The second-order valence-corrected chi connectivity index (χ2v) is 8.86. The fourth-order valence-corrected chi connectivity index (χ4v) is 5.54. The molecule has 1 unspecified atom stereocenters. The van der Waals surface area contributed by atoms with Crippen LogP contribution >= 0.6 is 22.9 Å². The highest BCUT2D eigenvalue weighted by Crippen LogP contribution is 2.29. The summed E-state index contributed by atoms with van der Waals surface area (Å²) in [5.41, 5.74) is 0.477. The Bertz CT molecular complexity index is 558. The number of hydrogen-bond donors (Lipinski definition) is 0. The number of halogens is 1. The second-order valence-electron chi connectivity index (χ2n) is 5.04. The van der Waals surface area contributed by atoms with Crippen LogP contribution in [0.25, 0.3) is 0 Å². The zero-order valence-corrected chi connectivity index (χ0v) is 13.6. The van der Waals surface area contributed by atoms with Crippen molar-refractivity contribution < 1.29 is 8.42 Å². The summed E-state index contributed by atoms with van der Waals surface area (Å²) in [6, 6.07) is 0. The SMILES string of the molecule is Cc1nc(Cl)sc1S(=O)(=O)N(C)CC1CCN(C)C1. The summed E-state index contributed by atoms with van der Waals surface area (Å²) in [5.74, 6) is 0.397. The summed E-state index contributed by atoms with van der Waals surface area (Å²) in [4.78, 5) is 6.20. The standard InChI is InChI=1S/C11H18ClN3O2S2/c1-8-10(18-11(12)13-8)19(16,17)15(3)7-9-4-5-14(2)6-9/h9H,4-7H2,1-3H3. The van der Waals surface area contributed by atoms with Gasteiger partial charge in [-0.15, -0.1) is 0 Å². The number of rotatable bonds is 4. The van der Waals surface area contributed by atoms with Gasteiger partial charge in [-0.3, -0.25) is 0 Å². The van der Waals surface area contributed by atoms with E-state index < -0.39 is 10.0 Å². The largest absolute Gasteiger partial charge is 0.306 e. The van der Waals surface area contributed by atoms with Crippen LogP contribution in [0.1, 0.15) is 12.1 Å². The zero-order valence-electron chi connectivity index (χ0n) is 11.3. The number of aryl methyl sites for hydroxylation is 1. The third-order valence-corrected chi connectivity index (χ3v) is 7.05. The lowest BCUT2D eigenvalue weighted by molar-refractivity contribution is 0.357. The summed E-state index contributed by atoms with van der Waals surface area (Å²) in [6.45, 7) is 4.19. The minimum absolute atomic E-state index is 0.256. The van der Waals surface area contributed by atoms with Crippen LogP contribution in [0.5, 0.6) is 0 Å². The Morgan fingerprint density at radius 2 is 2.26 bits per heavy atom. The van der Waals surface area contributed by atoms with E-state index in [0.717, 1.165) is 30.8 Å². The van der Waals surface area contributed by atoms with E-state index in [9.17, 15) is 8.42 Å². The molecule has 0 N–H and O–H groups in total. The summed E-state index contributed by atoms with van der Waals surface area (Å²) in [7, 11) is 0.215. The van der Waals surface area contributed by atoms with E-state index in [4.69, 9.17) is 11.6 Å². The van der Waals surface area contributed by atoms with Crippen LogP contribution in [0.3, 0.4) is 0 Å². The van der Waals surface area contributed by atoms with E-state index in [1.54, 1.807) is 14.0 Å². The lowest BCUT2D eigenvalue weighted by atomic mass is 10.1. The van der Waals surface area contributed by atoms with E-state index in [0.29, 0.717) is 18.2 Å². The predicted octanol–water partition coefficient (Wildman–Crippen LogP) is 1.68. The normalized spacial score (nSPS) is 21.4. The zero-order chi connectivity index (χ0) is 14.2. The molecule has 5 nitrogen and oxygen atoms in total. The van der Waals surface area contributed by atoms with E-state index in [1.807, 2.05) is 0 Å². The molecule has 1 atom stereocenters. The molecule has 1 aliphatic heterocycles. The summed E-state index contributed by atoms with van der Waals surface area (Å²) in [6.07, 6.45) is 1.04. The Morgan fingerprint density at radius 3 is 2.74 bits per heavy atom. The van der Waals surface area contributed by atoms with Gasteiger partial charge in [0.05, 0.1) is 5.69 Å². The van der Waals surface area contributed by atoms with Crippen molar-refractivity contribution >= 4 is 33.0 Å². The van der Waals surface area contributed by atoms with Gasteiger partial charge in [-0.05, 0) is 32.9 Å². The number of aromatic nitrogens is 1. The molecule has 1 aromatic rings. The predicted molar refractivity (Wildman–Crippen MR) is 77.3 cm³/mol. The number of hydrogen-bond acceptors (Lipinski definition) is 5. The Kier molecular flexibility index (Phi) is 4.52. The van der Waals surface area contributed by atoms with Gasteiger partial charge in [0.1, 0.15) is 0 Å². The first-order valence-electron chi connectivity index (χ1n) is 6.08. The van der Waals surface area contributed by atoms with Crippen molar-refractivity contribution in [3.8, 4) is 0 Å². The molecule has 1 aliphatic rings. The van der Waals surface area contributed by atoms with E-state index >= 15 is 0 Å². The average Bonchev–Trinajstić information content (AvgIpc) is 2.85. The molecule has 0 spiro atoms. The highest BCUT2D eigenvalue weighted by atomic mass is 35.5. The molecule has 0 radical (unpaired) electrons. The van der Waals surface area contributed by atoms with Crippen molar-refractivity contribution in [3.63, 3.8) is 0 Å². The Labute approximate surface area is 123 Å². The molecule has 108 valence electrons. The minimum Gasteiger partial charge on any atom is -0.306 e. The van der Waals surface area contributed by atoms with Crippen molar-refractivity contribution in [1.29, 1.82) is 0 Å². The van der Waals surface area contributed by atoms with Crippen molar-refractivity contribution in [2.45, 2.75) is 17.6 Å². The number of sulfonamides is 1. The van der Waals surface area contributed by atoms with Crippen molar-refractivity contribution in [2.75, 3.05) is 33.7 Å². The molecule has 1 saturated heterocycles. The molecule has 2 rings (SSSR count). The van der Waals surface area contributed by atoms with Crippen LogP contribution in [0, 0.1) is 12.8 Å². The van der Waals surface area contributed by atoms with Crippen LogP contribution in [0.2, 0.25) is 4.47 Å². The van der Waals surface area contributed by atoms with Gasteiger partial charge in [0, 0.05) is 20.1 Å². The quantitative estimate of drug-likeness (QED) is 0.846. The third-order valence-electron chi connectivity index (χ3n) is 3.38. The van der Waals surface area contributed by atoms with Gasteiger partial charge < -0.3 is 4.90 Å². The van der Waals surface area contributed by atoms with E-state index in [1.165, 1.54) is 4.31 Å². The van der Waals surface area contributed by atoms with Crippen LogP contribution in [0.4, 0.5) is 0 Å². The molecule has 2 heterocycles. The average molecular weight is 324 g/mol. The number of likely N-dealkylation sites (tertiary alicyclic amines) is 1. The molecule has 19 heavy (non-hydrogen) atoms. The lowest BCUT2D eigenvalue weighted by Crippen LogP contribution is -2.32. The molecule has 0 aliphatic carbocycles. The summed E-state index contributed by atoms with van der Waals surface area (Å²) >= 11 is 6.81. The highest BCUT2D eigenvalue weighted by molar-refractivity contribution is 7.91. The third kappa shape index (κ3) is 3.28. The van der Waals surface area contributed by atoms with Crippen molar-refractivity contribution in [1.82, 2.24) is 14.2 Å². The Hall–Kier alpha value is -0.210. The maximum absolute atomic E-state index is 12.5. The van der Waals surface area contributed by atoms with Crippen LogP contribution in [-0.2, 0) is 10.0 Å². The monoisotopic (exact) mass is 323 g/mol. The number of nitrogens with zero attached hydrogens (tertiary/aromatic N) is 3. The van der Waals surface area contributed by atoms with Crippen LogP contribution in [0.15, 0.2) is 4.21 Å². The highest BCUT2D eigenvalue weighted by Gasteiger charge is 2.30. The van der Waals surface area contributed by atoms with Crippen LogP contribution < -0.4 is 0 Å². The van der Waals surface area contributed by atoms with Gasteiger partial charge in [0.15, 0.2) is 8.68 Å². The van der Waals surface area contributed by atoms with Gasteiger partial charge in [0.25, 0.3) is 10.0 Å². The minimum atomic E-state index is -3.47. The molecular formula is C11H18ClN3O2S2. The summed E-state index contributed by atoms with van der Waals surface area (Å²) in [5, 5.41) is 0. The van der Waals surface area contributed by atoms with Crippen molar-refractivity contribution in [3.05, 3.63) is 10.2 Å². The topological polar surface area (TPSA) is 53.5 Å². The molecule has 0 amide bonds. The maximum atomic E-state index is 12.5. The fourth-order valence-electron chi connectivity index (χ4n) is 2.37. The molecule has 0 bridgehead atoms. The lowest BCUT2D eigenvalue weighted by Gasteiger charge is -2.20. The fraction of sp³-hybridized carbons (Fsp3) is 0.727. The van der Waals surface area contributed by atoms with E-state index in [-0.39, 0.29) is 8.68 Å². The molecule has 8 heteroatoms. The first-order chi connectivity index (χ1) is 8.80. The smallest absolute Gasteiger partial charge is 0.254 e. The van der Waals surface area contributed by atoms with E-state index in [2.05, 4.69) is 16.9 Å². The molecule has 0 saturated carbocycles. The molecule has 1 aromatic heterocycles. The van der Waals surface area contributed by atoms with Gasteiger partial charge in [-0.2, -0.15) is 4.31 Å². The molecule has 1 fully saturated rings. The van der Waals surface area contributed by atoms with Gasteiger partial charge >= 0.3 is 0 Å². The molecular weight excluding hydrogens is 306 g/mol. The molecule has 0 aromatic carbocycles. The number of thiazole rings is 1. The Morgan fingerprint density at radius 1 is 1.58 bits per heavy atom. The maximum Gasteiger partial charge on any atom is 0.254 e. The second kappa shape index (κ2) is 5.65. The van der Waals surface area contributed by atoms with Gasteiger partial charge in [-0.25, -0.2) is 13.4 Å². The van der Waals surface area contributed by atoms with Crippen LogP contribution in [-0.4, -0.2) is 56.3 Å². The van der Waals surface area contributed by atoms with Gasteiger partial charge in [-0.1, -0.05) is 22.9 Å². The van der Waals surface area contributed by atoms with Crippen molar-refractivity contribution in [2.24, 2.45) is 5.92 Å². The van der Waals surface area contributed by atoms with Gasteiger partial charge in [0.2, 0.25) is 0 Å².